The minimum Gasteiger partial charge on any atom is -0.341 e. The minimum absolute atomic E-state index is 0.305. The standard InChI is InChI=1S/C13H18FN5/c1-18(9-11-4-2-3-7-15-11)13-16-12-6-5-10(14)8-19(12)17-13/h5-6,8,11,15H,2-4,7,9H2,1H3. The Labute approximate surface area is 111 Å². The Morgan fingerprint density at radius 2 is 2.37 bits per heavy atom. The maximum Gasteiger partial charge on any atom is 0.245 e. The zero-order chi connectivity index (χ0) is 13.2. The molecule has 3 heterocycles. The first-order valence-corrected chi connectivity index (χ1v) is 6.69. The second-order valence-corrected chi connectivity index (χ2v) is 5.09. The lowest BCUT2D eigenvalue weighted by Crippen LogP contribution is -2.42. The van der Waals surface area contributed by atoms with E-state index < -0.39 is 0 Å². The zero-order valence-corrected chi connectivity index (χ0v) is 11.0. The number of piperidine rings is 1. The van der Waals surface area contributed by atoms with Crippen LogP contribution in [-0.2, 0) is 0 Å². The van der Waals surface area contributed by atoms with Gasteiger partial charge in [0.25, 0.3) is 0 Å². The van der Waals surface area contributed by atoms with E-state index >= 15 is 0 Å². The molecule has 1 aliphatic rings. The number of anilines is 1. The van der Waals surface area contributed by atoms with Gasteiger partial charge >= 0.3 is 0 Å². The molecule has 2 aromatic heterocycles. The van der Waals surface area contributed by atoms with Crippen molar-refractivity contribution in [2.24, 2.45) is 0 Å². The molecule has 3 rings (SSSR count). The van der Waals surface area contributed by atoms with Crippen LogP contribution in [0.2, 0.25) is 0 Å². The zero-order valence-electron chi connectivity index (χ0n) is 11.0. The van der Waals surface area contributed by atoms with Crippen LogP contribution >= 0.6 is 0 Å². The summed E-state index contributed by atoms with van der Waals surface area (Å²) in [6, 6.07) is 3.52. The molecular formula is C13H18FN5. The summed E-state index contributed by atoms with van der Waals surface area (Å²) >= 11 is 0. The second-order valence-electron chi connectivity index (χ2n) is 5.09. The molecule has 19 heavy (non-hydrogen) atoms. The molecule has 0 bridgehead atoms. The number of rotatable bonds is 3. The van der Waals surface area contributed by atoms with E-state index in [1.165, 1.54) is 36.0 Å². The first-order valence-electron chi connectivity index (χ1n) is 6.69. The second kappa shape index (κ2) is 5.13. The largest absolute Gasteiger partial charge is 0.341 e. The topological polar surface area (TPSA) is 45.5 Å². The molecule has 6 heteroatoms. The number of nitrogens with one attached hydrogen (secondary N) is 1. The van der Waals surface area contributed by atoms with Gasteiger partial charge in [-0.2, -0.15) is 4.98 Å². The summed E-state index contributed by atoms with van der Waals surface area (Å²) in [4.78, 5) is 6.42. The lowest BCUT2D eigenvalue weighted by molar-refractivity contribution is 0.402. The van der Waals surface area contributed by atoms with Crippen molar-refractivity contribution < 1.29 is 4.39 Å². The van der Waals surface area contributed by atoms with E-state index in [2.05, 4.69) is 15.4 Å². The average Bonchev–Trinajstić information content (AvgIpc) is 2.83. The van der Waals surface area contributed by atoms with Gasteiger partial charge in [0.05, 0.1) is 6.20 Å². The quantitative estimate of drug-likeness (QED) is 0.910. The van der Waals surface area contributed by atoms with Gasteiger partial charge in [0.2, 0.25) is 5.95 Å². The minimum atomic E-state index is -0.305. The van der Waals surface area contributed by atoms with E-state index in [1.54, 1.807) is 6.07 Å². The van der Waals surface area contributed by atoms with Gasteiger partial charge in [0, 0.05) is 19.6 Å². The lowest BCUT2D eigenvalue weighted by Gasteiger charge is -2.27. The molecule has 1 fully saturated rings. The molecule has 1 aliphatic heterocycles. The van der Waals surface area contributed by atoms with Crippen LogP contribution in [-0.4, -0.2) is 40.8 Å². The molecule has 1 unspecified atom stereocenters. The van der Waals surface area contributed by atoms with E-state index in [4.69, 9.17) is 0 Å². The molecule has 0 saturated carbocycles. The van der Waals surface area contributed by atoms with E-state index in [9.17, 15) is 4.39 Å². The fourth-order valence-electron chi connectivity index (χ4n) is 2.50. The van der Waals surface area contributed by atoms with Crippen molar-refractivity contribution in [2.75, 3.05) is 25.0 Å². The van der Waals surface area contributed by atoms with Gasteiger partial charge in [-0.25, -0.2) is 8.91 Å². The molecule has 0 spiro atoms. The number of pyridine rings is 1. The van der Waals surface area contributed by atoms with Crippen LogP contribution in [0.25, 0.3) is 5.65 Å². The Bertz CT molecular complexity index is 561. The van der Waals surface area contributed by atoms with E-state index in [1.807, 2.05) is 11.9 Å². The molecule has 102 valence electrons. The van der Waals surface area contributed by atoms with Crippen molar-refractivity contribution in [1.29, 1.82) is 0 Å². The highest BCUT2D eigenvalue weighted by molar-refractivity contribution is 5.44. The highest BCUT2D eigenvalue weighted by atomic mass is 19.1. The Kier molecular flexibility index (Phi) is 3.33. The number of likely N-dealkylation sites (N-methyl/N-ethyl adjacent to an activating group) is 1. The van der Waals surface area contributed by atoms with Crippen molar-refractivity contribution >= 4 is 11.6 Å². The summed E-state index contributed by atoms with van der Waals surface area (Å²) in [6.45, 7) is 1.96. The van der Waals surface area contributed by atoms with Crippen LogP contribution in [0.15, 0.2) is 18.3 Å². The maximum atomic E-state index is 13.1. The summed E-state index contributed by atoms with van der Waals surface area (Å²) in [5.41, 5.74) is 0.667. The van der Waals surface area contributed by atoms with Crippen LogP contribution in [0.1, 0.15) is 19.3 Å². The highest BCUT2D eigenvalue weighted by Crippen LogP contribution is 2.13. The van der Waals surface area contributed by atoms with E-state index in [0.29, 0.717) is 17.6 Å². The van der Waals surface area contributed by atoms with Gasteiger partial charge in [-0.3, -0.25) is 0 Å². The van der Waals surface area contributed by atoms with Crippen LogP contribution in [0, 0.1) is 5.82 Å². The molecule has 1 atom stereocenters. The maximum absolute atomic E-state index is 13.1. The fourth-order valence-corrected chi connectivity index (χ4v) is 2.50. The number of hydrogen-bond acceptors (Lipinski definition) is 4. The van der Waals surface area contributed by atoms with Crippen molar-refractivity contribution in [3.05, 3.63) is 24.1 Å². The summed E-state index contributed by atoms with van der Waals surface area (Å²) < 4.78 is 14.6. The first kappa shape index (κ1) is 12.3. The van der Waals surface area contributed by atoms with Crippen LogP contribution < -0.4 is 10.2 Å². The first-order chi connectivity index (χ1) is 9.22. The molecule has 5 nitrogen and oxygen atoms in total. The molecule has 0 aromatic carbocycles. The molecule has 0 aliphatic carbocycles. The van der Waals surface area contributed by atoms with E-state index in [0.717, 1.165) is 13.1 Å². The molecule has 1 saturated heterocycles. The number of halogens is 1. The van der Waals surface area contributed by atoms with Crippen molar-refractivity contribution in [1.82, 2.24) is 19.9 Å². The third-order valence-electron chi connectivity index (χ3n) is 3.53. The van der Waals surface area contributed by atoms with Crippen molar-refractivity contribution in [3.8, 4) is 0 Å². The Hall–Kier alpha value is -1.69. The number of nitrogens with zero attached hydrogens (tertiary/aromatic N) is 4. The summed E-state index contributed by atoms with van der Waals surface area (Å²) in [6.07, 6.45) is 5.06. The number of aromatic nitrogens is 3. The fraction of sp³-hybridized carbons (Fsp3) is 0.538. The van der Waals surface area contributed by atoms with Crippen molar-refractivity contribution in [2.45, 2.75) is 25.3 Å². The molecule has 2 aromatic rings. The number of hydrogen-bond donors (Lipinski definition) is 1. The van der Waals surface area contributed by atoms with Gasteiger partial charge in [0.1, 0.15) is 5.82 Å². The lowest BCUT2D eigenvalue weighted by atomic mass is 10.1. The molecule has 1 N–H and O–H groups in total. The SMILES string of the molecule is CN(CC1CCCCN1)c1nc2ccc(F)cn2n1. The van der Waals surface area contributed by atoms with E-state index in [-0.39, 0.29) is 5.82 Å². The summed E-state index contributed by atoms with van der Waals surface area (Å²) in [7, 11) is 1.97. The highest BCUT2D eigenvalue weighted by Gasteiger charge is 2.17. The van der Waals surface area contributed by atoms with Crippen LogP contribution in [0.3, 0.4) is 0 Å². The van der Waals surface area contributed by atoms with Gasteiger partial charge < -0.3 is 10.2 Å². The predicted octanol–water partition coefficient (Wildman–Crippen LogP) is 1.45. The smallest absolute Gasteiger partial charge is 0.245 e. The van der Waals surface area contributed by atoms with Gasteiger partial charge in [-0.1, -0.05) is 6.42 Å². The van der Waals surface area contributed by atoms with Crippen LogP contribution in [0.5, 0.6) is 0 Å². The molecular weight excluding hydrogens is 245 g/mol. The Morgan fingerprint density at radius 3 is 3.16 bits per heavy atom. The Balaban J connectivity index is 1.75. The monoisotopic (exact) mass is 263 g/mol. The Morgan fingerprint density at radius 1 is 1.47 bits per heavy atom. The number of fused-ring (bicyclic) bond motifs is 1. The average molecular weight is 263 g/mol. The van der Waals surface area contributed by atoms with Gasteiger partial charge in [-0.05, 0) is 31.5 Å². The third kappa shape index (κ3) is 2.68. The molecule has 0 amide bonds. The van der Waals surface area contributed by atoms with Crippen molar-refractivity contribution in [3.63, 3.8) is 0 Å². The normalized spacial score (nSPS) is 19.8. The van der Waals surface area contributed by atoms with Gasteiger partial charge in [0.15, 0.2) is 5.65 Å². The summed E-state index contributed by atoms with van der Waals surface area (Å²) in [5.74, 6) is 0.332. The molecule has 0 radical (unpaired) electrons. The third-order valence-corrected chi connectivity index (χ3v) is 3.53. The van der Waals surface area contributed by atoms with Gasteiger partial charge in [-0.15, -0.1) is 5.10 Å². The predicted molar refractivity (Wildman–Crippen MR) is 71.9 cm³/mol. The van der Waals surface area contributed by atoms with Crippen LogP contribution in [0.4, 0.5) is 10.3 Å². The summed E-state index contributed by atoms with van der Waals surface area (Å²) in [5, 5.41) is 7.80.